The Hall–Kier alpha value is -3.67. The maximum absolute atomic E-state index is 6.43. The lowest BCUT2D eigenvalue weighted by molar-refractivity contribution is 0.228. The van der Waals surface area contributed by atoms with E-state index in [0.717, 1.165) is 46.0 Å². The highest BCUT2D eigenvalue weighted by molar-refractivity contribution is 5.70. The zero-order valence-electron chi connectivity index (χ0n) is 19.0. The molecule has 2 aliphatic rings. The van der Waals surface area contributed by atoms with Gasteiger partial charge in [-0.05, 0) is 62.3 Å². The van der Waals surface area contributed by atoms with E-state index in [1.165, 1.54) is 24.0 Å². The van der Waals surface area contributed by atoms with Gasteiger partial charge in [-0.1, -0.05) is 29.8 Å². The van der Waals surface area contributed by atoms with Gasteiger partial charge in [-0.3, -0.25) is 9.67 Å². The maximum Gasteiger partial charge on any atom is 0.166 e. The first-order valence-corrected chi connectivity index (χ1v) is 11.6. The van der Waals surface area contributed by atoms with Crippen LogP contribution in [0.15, 0.2) is 55.0 Å². The van der Waals surface area contributed by atoms with Crippen LogP contribution in [0.1, 0.15) is 48.1 Å². The van der Waals surface area contributed by atoms with Gasteiger partial charge in [0.25, 0.3) is 0 Å². The van der Waals surface area contributed by atoms with E-state index in [-0.39, 0.29) is 6.10 Å². The van der Waals surface area contributed by atoms with Gasteiger partial charge in [0.2, 0.25) is 0 Å². The minimum absolute atomic E-state index is 0.218. The number of rotatable bonds is 2. The summed E-state index contributed by atoms with van der Waals surface area (Å²) in [5.74, 6) is 1.74. The smallest absolute Gasteiger partial charge is 0.166 e. The lowest BCUT2D eigenvalue weighted by Crippen LogP contribution is -2.12. The van der Waals surface area contributed by atoms with Crippen molar-refractivity contribution in [2.75, 3.05) is 5.73 Å². The summed E-state index contributed by atoms with van der Waals surface area (Å²) in [5, 5.41) is 4.81. The topological polar surface area (TPSA) is 78.9 Å². The van der Waals surface area contributed by atoms with Gasteiger partial charge in [0.1, 0.15) is 6.10 Å². The molecule has 0 amide bonds. The van der Waals surface area contributed by atoms with Crippen molar-refractivity contribution in [2.45, 2.75) is 45.8 Å². The molecule has 3 aromatic heterocycles. The van der Waals surface area contributed by atoms with Crippen LogP contribution in [0.5, 0.6) is 5.75 Å². The molecule has 2 bridgehead atoms. The standard InChI is InChI=1S/C27H27N5O/c1-16-5-8-22-23(10-16)17(2)33-24-12-21(13-30-27(24)28)26-20(11-18-6-7-18)14-31-32(26)15-19-4-3-9-29-25(19)22/h3-5,8-10,12-14,17-18H,6-7,11,15H2,1-2H3,(H2,28,30). The Morgan fingerprint density at radius 3 is 2.85 bits per heavy atom. The Labute approximate surface area is 193 Å². The molecule has 6 rings (SSSR count). The number of aromatic nitrogens is 4. The van der Waals surface area contributed by atoms with Crippen molar-refractivity contribution in [3.05, 3.63) is 77.2 Å². The highest BCUT2D eigenvalue weighted by Gasteiger charge is 2.27. The largest absolute Gasteiger partial charge is 0.482 e. The fraction of sp³-hybridized carbons (Fsp3) is 0.296. The van der Waals surface area contributed by atoms with E-state index >= 15 is 0 Å². The minimum Gasteiger partial charge on any atom is -0.482 e. The molecular weight excluding hydrogens is 410 g/mol. The van der Waals surface area contributed by atoms with Crippen molar-refractivity contribution < 1.29 is 4.74 Å². The van der Waals surface area contributed by atoms with Crippen LogP contribution in [0.25, 0.3) is 22.5 Å². The van der Waals surface area contributed by atoms with Crippen LogP contribution in [0.4, 0.5) is 5.82 Å². The molecule has 4 aromatic rings. The number of fused-ring (bicyclic) bond motifs is 7. The summed E-state index contributed by atoms with van der Waals surface area (Å²) in [6, 6.07) is 12.6. The molecular formula is C27H27N5O. The molecule has 6 heteroatoms. The van der Waals surface area contributed by atoms with E-state index in [1.54, 1.807) is 0 Å². The molecule has 33 heavy (non-hydrogen) atoms. The van der Waals surface area contributed by atoms with Crippen LogP contribution < -0.4 is 10.5 Å². The first-order valence-electron chi connectivity index (χ1n) is 11.6. The van der Waals surface area contributed by atoms with Crippen molar-refractivity contribution in [2.24, 2.45) is 5.92 Å². The first kappa shape index (κ1) is 20.0. The molecule has 0 radical (unpaired) electrons. The lowest BCUT2D eigenvalue weighted by Gasteiger charge is -2.22. The molecule has 4 heterocycles. The van der Waals surface area contributed by atoms with Gasteiger partial charge in [-0.15, -0.1) is 0 Å². The van der Waals surface area contributed by atoms with Crippen LogP contribution in [-0.4, -0.2) is 19.7 Å². The fourth-order valence-electron chi connectivity index (χ4n) is 4.80. The predicted octanol–water partition coefficient (Wildman–Crippen LogP) is 5.35. The van der Waals surface area contributed by atoms with Gasteiger partial charge >= 0.3 is 0 Å². The Morgan fingerprint density at radius 1 is 1.12 bits per heavy atom. The molecule has 1 aliphatic heterocycles. The highest BCUT2D eigenvalue weighted by atomic mass is 16.5. The van der Waals surface area contributed by atoms with Crippen LogP contribution >= 0.6 is 0 Å². The number of ether oxygens (including phenoxy) is 1. The van der Waals surface area contributed by atoms with Crippen LogP contribution in [0, 0.1) is 12.8 Å². The molecule has 1 atom stereocenters. The number of benzene rings is 1. The van der Waals surface area contributed by atoms with Gasteiger partial charge in [-0.25, -0.2) is 4.98 Å². The lowest BCUT2D eigenvalue weighted by atomic mass is 9.95. The molecule has 0 spiro atoms. The Kier molecular flexibility index (Phi) is 4.68. The van der Waals surface area contributed by atoms with E-state index in [9.17, 15) is 0 Å². The number of nitrogens with two attached hydrogens (primary N) is 1. The maximum atomic E-state index is 6.43. The second kappa shape index (κ2) is 7.73. The van der Waals surface area contributed by atoms with Crippen molar-refractivity contribution in [3.63, 3.8) is 0 Å². The number of nitrogens with zero attached hydrogens (tertiary/aromatic N) is 4. The molecule has 6 nitrogen and oxygen atoms in total. The molecule has 166 valence electrons. The summed E-state index contributed by atoms with van der Waals surface area (Å²) in [7, 11) is 0. The van der Waals surface area contributed by atoms with Gasteiger partial charge < -0.3 is 10.5 Å². The molecule has 2 N–H and O–H groups in total. The number of hydrogen-bond acceptors (Lipinski definition) is 5. The number of aryl methyl sites for hydroxylation is 1. The van der Waals surface area contributed by atoms with E-state index in [4.69, 9.17) is 20.6 Å². The third-order valence-corrected chi connectivity index (χ3v) is 6.69. The zero-order chi connectivity index (χ0) is 22.5. The van der Waals surface area contributed by atoms with Crippen molar-refractivity contribution in [1.29, 1.82) is 0 Å². The third kappa shape index (κ3) is 3.65. The van der Waals surface area contributed by atoms with Gasteiger partial charge in [0.15, 0.2) is 11.6 Å². The molecule has 1 fully saturated rings. The molecule has 1 unspecified atom stereocenters. The fourth-order valence-corrected chi connectivity index (χ4v) is 4.80. The summed E-state index contributed by atoms with van der Waals surface area (Å²) >= 11 is 0. The predicted molar refractivity (Wildman–Crippen MR) is 129 cm³/mol. The number of pyridine rings is 2. The minimum atomic E-state index is -0.218. The summed E-state index contributed by atoms with van der Waals surface area (Å²) in [5.41, 5.74) is 15.0. The first-order chi connectivity index (χ1) is 16.1. The molecule has 1 aliphatic carbocycles. The Bertz CT molecular complexity index is 1350. The normalized spacial score (nSPS) is 17.1. The van der Waals surface area contributed by atoms with Crippen molar-refractivity contribution in [3.8, 4) is 28.3 Å². The second-order valence-electron chi connectivity index (χ2n) is 9.29. The summed E-state index contributed by atoms with van der Waals surface area (Å²) < 4.78 is 8.51. The molecule has 1 aromatic carbocycles. The van der Waals surface area contributed by atoms with Crippen molar-refractivity contribution >= 4 is 5.82 Å². The average Bonchev–Trinajstić information content (AvgIpc) is 3.54. The Balaban J connectivity index is 1.60. The van der Waals surface area contributed by atoms with Crippen molar-refractivity contribution in [1.82, 2.24) is 19.7 Å². The zero-order valence-corrected chi connectivity index (χ0v) is 19.0. The van der Waals surface area contributed by atoms with E-state index in [0.29, 0.717) is 18.1 Å². The van der Waals surface area contributed by atoms with Crippen LogP contribution in [0.3, 0.4) is 0 Å². The number of hydrogen-bond donors (Lipinski definition) is 1. The average molecular weight is 438 g/mol. The summed E-state index contributed by atoms with van der Waals surface area (Å²) in [4.78, 5) is 9.30. The Morgan fingerprint density at radius 2 is 2.00 bits per heavy atom. The number of anilines is 1. The third-order valence-electron chi connectivity index (χ3n) is 6.69. The SMILES string of the molecule is Cc1ccc2c(c1)C(C)Oc1cc(cnc1N)-c1c(CC3CC3)cnn1Cc1cccnc1-2. The van der Waals surface area contributed by atoms with Crippen LogP contribution in [0.2, 0.25) is 0 Å². The number of nitrogen functional groups attached to an aromatic ring is 1. The van der Waals surface area contributed by atoms with Gasteiger partial charge in [0, 0.05) is 29.1 Å². The monoisotopic (exact) mass is 437 g/mol. The summed E-state index contributed by atoms with van der Waals surface area (Å²) in [6.07, 6.45) is 9.11. The van der Waals surface area contributed by atoms with Crippen LogP contribution in [-0.2, 0) is 13.0 Å². The molecule has 0 saturated heterocycles. The van der Waals surface area contributed by atoms with E-state index in [2.05, 4.69) is 47.8 Å². The second-order valence-corrected chi connectivity index (χ2v) is 9.29. The van der Waals surface area contributed by atoms with Gasteiger partial charge in [-0.2, -0.15) is 5.10 Å². The quantitative estimate of drug-likeness (QED) is 0.457. The highest BCUT2D eigenvalue weighted by Crippen LogP contribution is 2.39. The van der Waals surface area contributed by atoms with E-state index in [1.807, 2.05) is 30.7 Å². The summed E-state index contributed by atoms with van der Waals surface area (Å²) in [6.45, 7) is 4.78. The molecule has 1 saturated carbocycles. The van der Waals surface area contributed by atoms with E-state index < -0.39 is 0 Å². The van der Waals surface area contributed by atoms with Gasteiger partial charge in [0.05, 0.1) is 24.1 Å².